The molecule has 0 saturated carbocycles. The highest BCUT2D eigenvalue weighted by Crippen LogP contribution is 2.15. The SMILES string of the molecule is CC(C)(C)OC(=O)N1CCC(NCCc2nccs2)C1. The van der Waals surface area contributed by atoms with E-state index in [-0.39, 0.29) is 6.09 Å². The van der Waals surface area contributed by atoms with E-state index in [0.717, 1.165) is 37.5 Å². The number of amides is 1. The summed E-state index contributed by atoms with van der Waals surface area (Å²) in [5.74, 6) is 0. The number of carbonyl (C=O) groups excluding carboxylic acids is 1. The van der Waals surface area contributed by atoms with Crippen LogP contribution >= 0.6 is 11.3 Å². The molecule has 1 aromatic rings. The van der Waals surface area contributed by atoms with Gasteiger partial charge in [0.05, 0.1) is 5.01 Å². The molecule has 20 heavy (non-hydrogen) atoms. The van der Waals surface area contributed by atoms with E-state index in [1.165, 1.54) is 0 Å². The van der Waals surface area contributed by atoms with Gasteiger partial charge in [0.25, 0.3) is 0 Å². The van der Waals surface area contributed by atoms with Gasteiger partial charge in [-0.05, 0) is 27.2 Å². The summed E-state index contributed by atoms with van der Waals surface area (Å²) >= 11 is 1.68. The van der Waals surface area contributed by atoms with Crippen LogP contribution in [0.5, 0.6) is 0 Å². The molecule has 1 aromatic heterocycles. The summed E-state index contributed by atoms with van der Waals surface area (Å²) in [5, 5.41) is 6.63. The quantitative estimate of drug-likeness (QED) is 0.926. The van der Waals surface area contributed by atoms with Gasteiger partial charge in [0.15, 0.2) is 0 Å². The van der Waals surface area contributed by atoms with Gasteiger partial charge in [-0.1, -0.05) is 0 Å². The number of nitrogens with zero attached hydrogens (tertiary/aromatic N) is 2. The van der Waals surface area contributed by atoms with Crippen LogP contribution in [0.1, 0.15) is 32.2 Å². The third kappa shape index (κ3) is 4.76. The third-order valence-corrected chi connectivity index (χ3v) is 3.93. The van der Waals surface area contributed by atoms with Gasteiger partial charge in [-0.15, -0.1) is 11.3 Å². The fourth-order valence-corrected chi connectivity index (χ4v) is 2.80. The van der Waals surface area contributed by atoms with Crippen LogP contribution in [0.15, 0.2) is 11.6 Å². The number of thiazole rings is 1. The molecule has 1 aliphatic rings. The van der Waals surface area contributed by atoms with E-state index in [4.69, 9.17) is 4.74 Å². The molecular formula is C14H23N3O2S. The highest BCUT2D eigenvalue weighted by molar-refractivity contribution is 7.09. The van der Waals surface area contributed by atoms with E-state index in [2.05, 4.69) is 10.3 Å². The molecule has 0 aliphatic carbocycles. The van der Waals surface area contributed by atoms with Crippen molar-refractivity contribution in [1.82, 2.24) is 15.2 Å². The van der Waals surface area contributed by atoms with Gasteiger partial charge in [0.2, 0.25) is 0 Å². The largest absolute Gasteiger partial charge is 0.444 e. The van der Waals surface area contributed by atoms with E-state index < -0.39 is 5.60 Å². The number of hydrogen-bond acceptors (Lipinski definition) is 5. The molecule has 1 atom stereocenters. The monoisotopic (exact) mass is 297 g/mol. The standard InChI is InChI=1S/C14H23N3O2S/c1-14(2,3)19-13(18)17-8-5-11(10-17)15-6-4-12-16-7-9-20-12/h7,9,11,15H,4-6,8,10H2,1-3H3. The van der Waals surface area contributed by atoms with E-state index in [1.807, 2.05) is 32.3 Å². The lowest BCUT2D eigenvalue weighted by Gasteiger charge is -2.24. The van der Waals surface area contributed by atoms with Crippen molar-refractivity contribution in [2.75, 3.05) is 19.6 Å². The molecular weight excluding hydrogens is 274 g/mol. The second-order valence-electron chi connectivity index (χ2n) is 6.04. The zero-order valence-corrected chi connectivity index (χ0v) is 13.2. The van der Waals surface area contributed by atoms with E-state index in [0.29, 0.717) is 6.04 Å². The van der Waals surface area contributed by atoms with E-state index in [9.17, 15) is 4.79 Å². The van der Waals surface area contributed by atoms with Crippen molar-refractivity contribution in [3.63, 3.8) is 0 Å². The molecule has 1 aliphatic heterocycles. The number of rotatable bonds is 4. The lowest BCUT2D eigenvalue weighted by atomic mass is 10.2. The molecule has 5 nitrogen and oxygen atoms in total. The fraction of sp³-hybridized carbons (Fsp3) is 0.714. The molecule has 0 bridgehead atoms. The first-order valence-electron chi connectivity index (χ1n) is 7.04. The average Bonchev–Trinajstić information content (AvgIpc) is 2.97. The minimum Gasteiger partial charge on any atom is -0.444 e. The Bertz CT molecular complexity index is 428. The second-order valence-corrected chi connectivity index (χ2v) is 7.02. The summed E-state index contributed by atoms with van der Waals surface area (Å²) in [6.07, 6.45) is 3.55. The molecule has 112 valence electrons. The molecule has 1 unspecified atom stereocenters. The molecule has 1 fully saturated rings. The average molecular weight is 297 g/mol. The maximum absolute atomic E-state index is 11.9. The Hall–Kier alpha value is -1.14. The predicted molar refractivity (Wildman–Crippen MR) is 80.0 cm³/mol. The normalized spacial score (nSPS) is 19.4. The van der Waals surface area contributed by atoms with E-state index in [1.54, 1.807) is 16.2 Å². The lowest BCUT2D eigenvalue weighted by Crippen LogP contribution is -2.38. The maximum atomic E-state index is 11.9. The highest BCUT2D eigenvalue weighted by atomic mass is 32.1. The first kappa shape index (κ1) is 15.3. The fourth-order valence-electron chi connectivity index (χ4n) is 2.18. The van der Waals surface area contributed by atoms with Crippen molar-refractivity contribution in [2.45, 2.75) is 45.3 Å². The van der Waals surface area contributed by atoms with Crippen LogP contribution in [0, 0.1) is 0 Å². The van der Waals surface area contributed by atoms with Gasteiger partial charge in [-0.3, -0.25) is 0 Å². The number of carbonyl (C=O) groups is 1. The van der Waals surface area contributed by atoms with Gasteiger partial charge in [-0.25, -0.2) is 9.78 Å². The predicted octanol–water partition coefficient (Wildman–Crippen LogP) is 2.28. The number of hydrogen-bond donors (Lipinski definition) is 1. The maximum Gasteiger partial charge on any atom is 0.410 e. The molecule has 0 spiro atoms. The smallest absolute Gasteiger partial charge is 0.410 e. The summed E-state index contributed by atoms with van der Waals surface area (Å²) in [5.41, 5.74) is -0.423. The molecule has 1 saturated heterocycles. The molecule has 1 N–H and O–H groups in total. The molecule has 0 aromatic carbocycles. The van der Waals surface area contributed by atoms with Crippen LogP contribution in [-0.4, -0.2) is 47.3 Å². The molecule has 1 amide bonds. The van der Waals surface area contributed by atoms with Crippen molar-refractivity contribution < 1.29 is 9.53 Å². The molecule has 2 rings (SSSR count). The van der Waals surface area contributed by atoms with Crippen LogP contribution < -0.4 is 5.32 Å². The Labute approximate surface area is 124 Å². The van der Waals surface area contributed by atoms with Crippen molar-refractivity contribution in [2.24, 2.45) is 0 Å². The van der Waals surface area contributed by atoms with Crippen molar-refractivity contribution in [3.05, 3.63) is 16.6 Å². The zero-order chi connectivity index (χ0) is 14.6. The minimum atomic E-state index is -0.423. The first-order valence-corrected chi connectivity index (χ1v) is 7.92. The van der Waals surface area contributed by atoms with Crippen molar-refractivity contribution >= 4 is 17.4 Å². The Kier molecular flexibility index (Phi) is 4.99. The Morgan fingerprint density at radius 3 is 3.05 bits per heavy atom. The number of likely N-dealkylation sites (tertiary alicyclic amines) is 1. The summed E-state index contributed by atoms with van der Waals surface area (Å²) < 4.78 is 5.38. The number of nitrogens with one attached hydrogen (secondary N) is 1. The molecule has 6 heteroatoms. The summed E-state index contributed by atoms with van der Waals surface area (Å²) in [6, 6.07) is 0.363. The van der Waals surface area contributed by atoms with Crippen molar-refractivity contribution in [3.8, 4) is 0 Å². The van der Waals surface area contributed by atoms with Gasteiger partial charge in [-0.2, -0.15) is 0 Å². The van der Waals surface area contributed by atoms with Crippen LogP contribution in [0.4, 0.5) is 4.79 Å². The van der Waals surface area contributed by atoms with Crippen molar-refractivity contribution in [1.29, 1.82) is 0 Å². The topological polar surface area (TPSA) is 54.5 Å². The number of ether oxygens (including phenoxy) is 1. The van der Waals surface area contributed by atoms with Crippen LogP contribution in [0.2, 0.25) is 0 Å². The van der Waals surface area contributed by atoms with Gasteiger partial charge in [0, 0.05) is 43.7 Å². The minimum absolute atomic E-state index is 0.207. The van der Waals surface area contributed by atoms with Crippen LogP contribution in [0.3, 0.4) is 0 Å². The third-order valence-electron chi connectivity index (χ3n) is 3.10. The Balaban J connectivity index is 1.68. The zero-order valence-electron chi connectivity index (χ0n) is 12.4. The number of aromatic nitrogens is 1. The highest BCUT2D eigenvalue weighted by Gasteiger charge is 2.29. The summed E-state index contributed by atoms with van der Waals surface area (Å²) in [6.45, 7) is 8.08. The molecule has 0 radical (unpaired) electrons. The summed E-state index contributed by atoms with van der Waals surface area (Å²) in [4.78, 5) is 18.0. The summed E-state index contributed by atoms with van der Waals surface area (Å²) in [7, 11) is 0. The van der Waals surface area contributed by atoms with E-state index >= 15 is 0 Å². The Morgan fingerprint density at radius 2 is 2.40 bits per heavy atom. The second kappa shape index (κ2) is 6.54. The van der Waals surface area contributed by atoms with Gasteiger partial charge in [0.1, 0.15) is 5.60 Å². The first-order chi connectivity index (χ1) is 9.44. The Morgan fingerprint density at radius 1 is 1.60 bits per heavy atom. The lowest BCUT2D eigenvalue weighted by molar-refractivity contribution is 0.0291. The van der Waals surface area contributed by atoms with Gasteiger partial charge < -0.3 is 15.0 Å². The van der Waals surface area contributed by atoms with Gasteiger partial charge >= 0.3 is 6.09 Å². The molecule has 2 heterocycles. The van der Waals surface area contributed by atoms with Crippen LogP contribution in [-0.2, 0) is 11.2 Å². The van der Waals surface area contributed by atoms with Crippen LogP contribution in [0.25, 0.3) is 0 Å².